The van der Waals surface area contributed by atoms with Crippen molar-refractivity contribution in [3.63, 3.8) is 0 Å². The Morgan fingerprint density at radius 2 is 1.84 bits per heavy atom. The molecule has 0 heterocycles. The lowest BCUT2D eigenvalue weighted by Gasteiger charge is -2.36. The summed E-state index contributed by atoms with van der Waals surface area (Å²) in [5.41, 5.74) is 1.58. The molecule has 3 atom stereocenters. The van der Waals surface area contributed by atoms with Crippen molar-refractivity contribution in [2.45, 2.75) is 66.7 Å². The second-order valence-corrected chi connectivity index (χ2v) is 6.33. The predicted octanol–water partition coefficient (Wildman–Crippen LogP) is 4.83. The Hall–Kier alpha value is -0.760. The van der Waals surface area contributed by atoms with Crippen LogP contribution in [0.5, 0.6) is 0 Å². The van der Waals surface area contributed by atoms with Crippen molar-refractivity contribution in [3.8, 4) is 0 Å². The molecule has 0 amide bonds. The number of ether oxygens (including phenoxy) is 1. The van der Waals surface area contributed by atoms with Gasteiger partial charge in [0.2, 0.25) is 0 Å². The fraction of sp³-hybridized carbons (Fsp3) is 0.765. The Morgan fingerprint density at radius 1 is 1.32 bits per heavy atom. The van der Waals surface area contributed by atoms with E-state index in [0.29, 0.717) is 12.0 Å². The summed E-state index contributed by atoms with van der Waals surface area (Å²) in [5.74, 6) is 0.555. The highest BCUT2D eigenvalue weighted by atomic mass is 16.5. The lowest BCUT2D eigenvalue weighted by atomic mass is 9.77. The zero-order valence-electron chi connectivity index (χ0n) is 14.0. The van der Waals surface area contributed by atoms with E-state index in [4.69, 9.17) is 4.74 Å². The maximum atomic E-state index is 5.44. The van der Waals surface area contributed by atoms with Crippen molar-refractivity contribution in [2.24, 2.45) is 11.3 Å². The normalized spacial score (nSPS) is 16.8. The Bertz CT molecular complexity index is 296. The third-order valence-electron chi connectivity index (χ3n) is 4.74. The highest BCUT2D eigenvalue weighted by Crippen LogP contribution is 2.34. The van der Waals surface area contributed by atoms with E-state index in [0.717, 1.165) is 12.8 Å². The molecule has 0 rings (SSSR count). The Kier molecular flexibility index (Phi) is 7.43. The third kappa shape index (κ3) is 5.40. The van der Waals surface area contributed by atoms with Crippen molar-refractivity contribution >= 4 is 0 Å². The molecule has 0 aromatic carbocycles. The van der Waals surface area contributed by atoms with Crippen LogP contribution in [0.15, 0.2) is 25.0 Å². The fourth-order valence-corrected chi connectivity index (χ4v) is 2.05. The van der Waals surface area contributed by atoms with Gasteiger partial charge >= 0.3 is 0 Å². The van der Waals surface area contributed by atoms with Crippen LogP contribution in [0.1, 0.15) is 54.4 Å². The number of allylic oxidation sites excluding steroid dienone is 1. The molecule has 2 nitrogen and oxygen atoms in total. The fourth-order valence-electron chi connectivity index (χ4n) is 2.05. The van der Waals surface area contributed by atoms with Gasteiger partial charge in [-0.05, 0) is 45.1 Å². The van der Waals surface area contributed by atoms with Crippen molar-refractivity contribution in [3.05, 3.63) is 25.0 Å². The zero-order chi connectivity index (χ0) is 15.2. The molecule has 0 aliphatic heterocycles. The van der Waals surface area contributed by atoms with E-state index in [2.05, 4.69) is 66.6 Å². The monoisotopic (exact) mass is 267 g/mol. The van der Waals surface area contributed by atoms with Crippen LogP contribution >= 0.6 is 0 Å². The SMILES string of the molecule is C=COC(C)N(C)C(C)C(C)CC(=C)C(C)(C)CC. The minimum Gasteiger partial charge on any atom is -0.484 e. The molecule has 0 fully saturated rings. The molecule has 0 aromatic rings. The van der Waals surface area contributed by atoms with Crippen LogP contribution in [0, 0.1) is 11.3 Å². The first kappa shape index (κ1) is 18.2. The van der Waals surface area contributed by atoms with Gasteiger partial charge < -0.3 is 4.74 Å². The smallest absolute Gasteiger partial charge is 0.148 e. The maximum Gasteiger partial charge on any atom is 0.148 e. The topological polar surface area (TPSA) is 12.5 Å². The largest absolute Gasteiger partial charge is 0.484 e. The Balaban J connectivity index is 4.53. The average molecular weight is 267 g/mol. The second-order valence-electron chi connectivity index (χ2n) is 6.33. The van der Waals surface area contributed by atoms with E-state index in [9.17, 15) is 0 Å². The Labute approximate surface area is 120 Å². The van der Waals surface area contributed by atoms with Crippen LogP contribution in [0.25, 0.3) is 0 Å². The summed E-state index contributed by atoms with van der Waals surface area (Å²) in [4.78, 5) is 2.25. The molecule has 0 spiro atoms. The van der Waals surface area contributed by atoms with Gasteiger partial charge in [-0.25, -0.2) is 0 Å². The number of rotatable bonds is 9. The van der Waals surface area contributed by atoms with E-state index in [-0.39, 0.29) is 11.6 Å². The van der Waals surface area contributed by atoms with Gasteiger partial charge in [0, 0.05) is 6.04 Å². The molecule has 19 heavy (non-hydrogen) atoms. The molecule has 0 saturated carbocycles. The van der Waals surface area contributed by atoms with Gasteiger partial charge in [-0.2, -0.15) is 0 Å². The molecule has 0 N–H and O–H groups in total. The van der Waals surface area contributed by atoms with Gasteiger partial charge in [-0.3, -0.25) is 4.90 Å². The summed E-state index contributed by atoms with van der Waals surface area (Å²) in [6.07, 6.45) is 3.77. The first-order chi connectivity index (χ1) is 8.67. The summed E-state index contributed by atoms with van der Waals surface area (Å²) < 4.78 is 5.44. The van der Waals surface area contributed by atoms with E-state index >= 15 is 0 Å². The first-order valence-electron chi connectivity index (χ1n) is 7.33. The lowest BCUT2D eigenvalue weighted by Crippen LogP contribution is -2.41. The highest BCUT2D eigenvalue weighted by molar-refractivity contribution is 5.07. The highest BCUT2D eigenvalue weighted by Gasteiger charge is 2.26. The van der Waals surface area contributed by atoms with Crippen LogP contribution in [0.4, 0.5) is 0 Å². The molecule has 112 valence electrons. The lowest BCUT2D eigenvalue weighted by molar-refractivity contribution is -0.0124. The van der Waals surface area contributed by atoms with Crippen LogP contribution < -0.4 is 0 Å². The standard InChI is InChI=1S/C17H33NO/c1-10-17(7,8)14(4)12-13(3)15(5)18(9)16(6)19-11-2/h11,13,15-16H,2,4,10,12H2,1,3,5-9H3. The van der Waals surface area contributed by atoms with Gasteiger partial charge in [0.25, 0.3) is 0 Å². The quantitative estimate of drug-likeness (QED) is 0.337. The van der Waals surface area contributed by atoms with E-state index in [1.165, 1.54) is 11.8 Å². The molecule has 0 bridgehead atoms. The number of hydrogen-bond donors (Lipinski definition) is 0. The maximum absolute atomic E-state index is 5.44. The molecule has 0 aromatic heterocycles. The molecule has 0 aliphatic rings. The van der Waals surface area contributed by atoms with Crippen LogP contribution in [0.2, 0.25) is 0 Å². The van der Waals surface area contributed by atoms with E-state index < -0.39 is 0 Å². The summed E-state index contributed by atoms with van der Waals surface area (Å²) >= 11 is 0. The molecule has 0 aliphatic carbocycles. The van der Waals surface area contributed by atoms with Gasteiger partial charge in [-0.1, -0.05) is 46.4 Å². The second kappa shape index (κ2) is 7.74. The first-order valence-corrected chi connectivity index (χ1v) is 7.33. The number of nitrogens with zero attached hydrogens (tertiary/aromatic N) is 1. The van der Waals surface area contributed by atoms with Crippen molar-refractivity contribution in [1.29, 1.82) is 0 Å². The summed E-state index contributed by atoms with van der Waals surface area (Å²) in [6.45, 7) is 21.3. The van der Waals surface area contributed by atoms with Crippen LogP contribution in [-0.4, -0.2) is 24.2 Å². The van der Waals surface area contributed by atoms with Gasteiger partial charge in [0.15, 0.2) is 0 Å². The van der Waals surface area contributed by atoms with Gasteiger partial charge in [0.05, 0.1) is 6.26 Å². The van der Waals surface area contributed by atoms with Crippen LogP contribution in [0.3, 0.4) is 0 Å². The van der Waals surface area contributed by atoms with Gasteiger partial charge in [0.1, 0.15) is 6.23 Å². The Morgan fingerprint density at radius 3 is 2.26 bits per heavy atom. The van der Waals surface area contributed by atoms with E-state index in [1.54, 1.807) is 0 Å². The zero-order valence-corrected chi connectivity index (χ0v) is 14.0. The molecule has 0 saturated heterocycles. The molecular formula is C17H33NO. The minimum absolute atomic E-state index is 0.0578. The van der Waals surface area contributed by atoms with Crippen molar-refractivity contribution < 1.29 is 4.74 Å². The van der Waals surface area contributed by atoms with Crippen molar-refractivity contribution in [2.75, 3.05) is 7.05 Å². The average Bonchev–Trinajstić information content (AvgIpc) is 2.36. The molecule has 3 unspecified atom stereocenters. The summed E-state index contributed by atoms with van der Waals surface area (Å²) in [5, 5.41) is 0. The van der Waals surface area contributed by atoms with Crippen LogP contribution in [-0.2, 0) is 4.74 Å². The summed E-state index contributed by atoms with van der Waals surface area (Å²) in [7, 11) is 2.10. The molecule has 2 heteroatoms. The van der Waals surface area contributed by atoms with E-state index in [1.807, 2.05) is 0 Å². The van der Waals surface area contributed by atoms with Crippen molar-refractivity contribution in [1.82, 2.24) is 4.90 Å². The van der Waals surface area contributed by atoms with Gasteiger partial charge in [-0.15, -0.1) is 0 Å². The third-order valence-corrected chi connectivity index (χ3v) is 4.74. The minimum atomic E-state index is 0.0578. The molecular weight excluding hydrogens is 234 g/mol. The summed E-state index contributed by atoms with van der Waals surface area (Å²) in [6, 6.07) is 0.444. The molecule has 0 radical (unpaired) electrons. The number of hydrogen-bond acceptors (Lipinski definition) is 2. The predicted molar refractivity (Wildman–Crippen MR) is 85.0 cm³/mol.